The third-order valence-electron chi connectivity index (χ3n) is 4.72. The number of nitrogens with one attached hydrogen (secondary N) is 2. The molecular weight excluding hydrogens is 426 g/mol. The summed E-state index contributed by atoms with van der Waals surface area (Å²) in [5, 5.41) is 11.8. The molecule has 0 bridgehead atoms. The van der Waals surface area contributed by atoms with E-state index in [2.05, 4.69) is 16.1 Å². The van der Waals surface area contributed by atoms with E-state index in [4.69, 9.17) is 10.00 Å². The molecule has 0 saturated carbocycles. The molecule has 0 aliphatic rings. The molecule has 7 nitrogen and oxygen atoms in total. The summed E-state index contributed by atoms with van der Waals surface area (Å²) in [5.74, 6) is 0.447. The van der Waals surface area contributed by atoms with Gasteiger partial charge in [0.1, 0.15) is 12.4 Å². The van der Waals surface area contributed by atoms with Crippen LogP contribution in [-0.2, 0) is 27.8 Å². The summed E-state index contributed by atoms with van der Waals surface area (Å²) in [5.41, 5.74) is 2.94. The van der Waals surface area contributed by atoms with Crippen LogP contribution in [0.25, 0.3) is 0 Å². The van der Waals surface area contributed by atoms with Crippen LogP contribution < -0.4 is 14.8 Å². The van der Waals surface area contributed by atoms with Crippen molar-refractivity contribution >= 4 is 21.6 Å². The normalized spacial score (nSPS) is 10.9. The average molecular weight is 450 g/mol. The van der Waals surface area contributed by atoms with Crippen molar-refractivity contribution in [2.75, 3.05) is 12.4 Å². The maximum atomic E-state index is 12.3. The maximum Gasteiger partial charge on any atom is 0.240 e. The van der Waals surface area contributed by atoms with Gasteiger partial charge in [0.15, 0.2) is 0 Å². The Morgan fingerprint density at radius 3 is 2.47 bits per heavy atom. The number of carbonyl (C=O) groups excluding carboxylic acids is 1. The van der Waals surface area contributed by atoms with Gasteiger partial charge in [-0.15, -0.1) is 0 Å². The summed E-state index contributed by atoms with van der Waals surface area (Å²) >= 11 is 0. The number of amides is 1. The quantitative estimate of drug-likeness (QED) is 0.519. The molecule has 0 aromatic heterocycles. The zero-order valence-electron chi connectivity index (χ0n) is 17.5. The molecule has 0 radical (unpaired) electrons. The number of ether oxygens (including phenoxy) is 1. The Balaban J connectivity index is 1.52. The van der Waals surface area contributed by atoms with Crippen molar-refractivity contribution in [3.05, 3.63) is 89.5 Å². The van der Waals surface area contributed by atoms with E-state index >= 15 is 0 Å². The van der Waals surface area contributed by atoms with Gasteiger partial charge in [-0.3, -0.25) is 4.79 Å². The van der Waals surface area contributed by atoms with Crippen LogP contribution in [0.3, 0.4) is 0 Å². The van der Waals surface area contributed by atoms with Crippen molar-refractivity contribution in [1.82, 2.24) is 4.72 Å². The number of anilines is 1. The molecule has 3 aromatic carbocycles. The Kier molecular flexibility index (Phi) is 7.60. The summed E-state index contributed by atoms with van der Waals surface area (Å²) in [6.07, 6.45) is 0.737. The van der Waals surface area contributed by atoms with E-state index in [0.29, 0.717) is 30.0 Å². The number of nitriles is 1. The molecule has 3 rings (SSSR count). The van der Waals surface area contributed by atoms with Crippen molar-refractivity contribution in [3.63, 3.8) is 0 Å². The van der Waals surface area contributed by atoms with Gasteiger partial charge in [0.25, 0.3) is 0 Å². The Bertz CT molecular complexity index is 1230. The average Bonchev–Trinajstić information content (AvgIpc) is 2.82. The van der Waals surface area contributed by atoms with Gasteiger partial charge in [0.2, 0.25) is 15.9 Å². The fourth-order valence-electron chi connectivity index (χ4n) is 3.00. The standard InChI is InChI=1S/C24H23N3O4S/c1-26-32(29,30)23-11-8-18(9-12-23)10-13-24(28)27-21-6-3-7-22(15-21)31-17-20-5-2-4-19(14-20)16-25/h2-9,11-12,14-15,26H,10,13,17H2,1H3,(H,27,28). The number of sulfonamides is 1. The lowest BCUT2D eigenvalue weighted by Gasteiger charge is -2.10. The van der Waals surface area contributed by atoms with Crippen LogP contribution in [0.2, 0.25) is 0 Å². The summed E-state index contributed by atoms with van der Waals surface area (Å²) < 4.78 is 31.6. The van der Waals surface area contributed by atoms with Crippen molar-refractivity contribution in [2.45, 2.75) is 24.3 Å². The van der Waals surface area contributed by atoms with Crippen LogP contribution >= 0.6 is 0 Å². The van der Waals surface area contributed by atoms with Gasteiger partial charge in [0.05, 0.1) is 16.5 Å². The molecule has 0 unspecified atom stereocenters. The number of carbonyl (C=O) groups is 1. The topological polar surface area (TPSA) is 108 Å². The first-order valence-electron chi connectivity index (χ1n) is 9.94. The molecule has 164 valence electrons. The Labute approximate surface area is 187 Å². The van der Waals surface area contributed by atoms with Gasteiger partial charge < -0.3 is 10.1 Å². The molecule has 0 spiro atoms. The van der Waals surface area contributed by atoms with Crippen LogP contribution in [0.15, 0.2) is 77.7 Å². The second-order valence-electron chi connectivity index (χ2n) is 7.03. The fraction of sp³-hybridized carbons (Fsp3) is 0.167. The molecule has 2 N–H and O–H groups in total. The highest BCUT2D eigenvalue weighted by atomic mass is 32.2. The molecule has 0 aliphatic heterocycles. The largest absolute Gasteiger partial charge is 0.489 e. The predicted molar refractivity (Wildman–Crippen MR) is 122 cm³/mol. The molecule has 1 amide bonds. The van der Waals surface area contributed by atoms with Gasteiger partial charge in [0, 0.05) is 18.2 Å². The third kappa shape index (κ3) is 6.41. The predicted octanol–water partition coefficient (Wildman–Crippen LogP) is 3.62. The van der Waals surface area contributed by atoms with Crippen molar-refractivity contribution in [1.29, 1.82) is 5.26 Å². The van der Waals surface area contributed by atoms with Gasteiger partial charge in [-0.2, -0.15) is 5.26 Å². The highest BCUT2D eigenvalue weighted by molar-refractivity contribution is 7.89. The minimum atomic E-state index is -3.47. The number of nitrogens with zero attached hydrogens (tertiary/aromatic N) is 1. The highest BCUT2D eigenvalue weighted by Crippen LogP contribution is 2.19. The van der Waals surface area contributed by atoms with Gasteiger partial charge in [-0.05, 0) is 61.0 Å². The zero-order valence-corrected chi connectivity index (χ0v) is 18.4. The lowest BCUT2D eigenvalue weighted by molar-refractivity contribution is -0.116. The van der Waals surface area contributed by atoms with Gasteiger partial charge in [-0.1, -0.05) is 30.3 Å². The lowest BCUT2D eigenvalue weighted by Crippen LogP contribution is -2.18. The molecule has 0 fully saturated rings. The molecule has 0 heterocycles. The molecule has 32 heavy (non-hydrogen) atoms. The van der Waals surface area contributed by atoms with E-state index in [9.17, 15) is 13.2 Å². The molecule has 0 saturated heterocycles. The van der Waals surface area contributed by atoms with E-state index in [1.54, 1.807) is 54.6 Å². The lowest BCUT2D eigenvalue weighted by atomic mass is 10.1. The number of aryl methyl sites for hydroxylation is 1. The van der Waals surface area contributed by atoms with Crippen LogP contribution in [0.4, 0.5) is 5.69 Å². The Morgan fingerprint density at radius 1 is 1.00 bits per heavy atom. The molecular formula is C24H23N3O4S. The van der Waals surface area contributed by atoms with E-state index in [1.807, 2.05) is 6.07 Å². The van der Waals surface area contributed by atoms with E-state index < -0.39 is 10.0 Å². The van der Waals surface area contributed by atoms with Crippen molar-refractivity contribution in [2.24, 2.45) is 0 Å². The Morgan fingerprint density at radius 2 is 1.75 bits per heavy atom. The van der Waals surface area contributed by atoms with Crippen LogP contribution in [0, 0.1) is 11.3 Å². The number of hydrogen-bond acceptors (Lipinski definition) is 5. The first-order valence-corrected chi connectivity index (χ1v) is 11.4. The van der Waals surface area contributed by atoms with Gasteiger partial charge in [-0.25, -0.2) is 13.1 Å². The van der Waals surface area contributed by atoms with Crippen LogP contribution in [0.5, 0.6) is 5.75 Å². The monoisotopic (exact) mass is 449 g/mol. The SMILES string of the molecule is CNS(=O)(=O)c1ccc(CCC(=O)Nc2cccc(OCc3cccc(C#N)c3)c2)cc1. The fourth-order valence-corrected chi connectivity index (χ4v) is 3.73. The van der Waals surface area contributed by atoms with Gasteiger partial charge >= 0.3 is 0 Å². The number of rotatable bonds is 9. The number of benzene rings is 3. The van der Waals surface area contributed by atoms with Crippen LogP contribution in [-0.4, -0.2) is 21.4 Å². The summed E-state index contributed by atoms with van der Waals surface area (Å²) in [4.78, 5) is 12.5. The first-order chi connectivity index (χ1) is 15.4. The summed E-state index contributed by atoms with van der Waals surface area (Å²) in [6.45, 7) is 0.312. The second-order valence-corrected chi connectivity index (χ2v) is 8.91. The van der Waals surface area contributed by atoms with Crippen LogP contribution in [0.1, 0.15) is 23.1 Å². The first kappa shape index (κ1) is 23.0. The summed E-state index contributed by atoms with van der Waals surface area (Å²) in [6, 6.07) is 22.8. The molecule has 3 aromatic rings. The van der Waals surface area contributed by atoms with Crippen molar-refractivity contribution < 1.29 is 17.9 Å². The second kappa shape index (κ2) is 10.6. The Hall–Kier alpha value is -3.67. The van der Waals surface area contributed by atoms with Crippen molar-refractivity contribution in [3.8, 4) is 11.8 Å². The molecule has 0 atom stereocenters. The minimum absolute atomic E-state index is 0.157. The maximum absolute atomic E-state index is 12.3. The number of hydrogen-bond donors (Lipinski definition) is 2. The zero-order chi connectivity index (χ0) is 23.0. The smallest absolute Gasteiger partial charge is 0.240 e. The van der Waals surface area contributed by atoms with E-state index in [0.717, 1.165) is 11.1 Å². The highest BCUT2D eigenvalue weighted by Gasteiger charge is 2.11. The summed E-state index contributed by atoms with van der Waals surface area (Å²) in [7, 11) is -2.11. The molecule has 0 aliphatic carbocycles. The molecule has 8 heteroatoms. The van der Waals surface area contributed by atoms with E-state index in [1.165, 1.54) is 19.2 Å². The van der Waals surface area contributed by atoms with E-state index in [-0.39, 0.29) is 17.2 Å². The third-order valence-corrected chi connectivity index (χ3v) is 6.15. The minimum Gasteiger partial charge on any atom is -0.489 e.